The van der Waals surface area contributed by atoms with Gasteiger partial charge in [-0.1, -0.05) is 31.3 Å². The van der Waals surface area contributed by atoms with Gasteiger partial charge in [-0.25, -0.2) is 0 Å². The normalized spacial score (nSPS) is 12.4. The van der Waals surface area contributed by atoms with Gasteiger partial charge in [-0.3, -0.25) is 15.1 Å². The maximum absolute atomic E-state index is 11.9. The van der Waals surface area contributed by atoms with Crippen molar-refractivity contribution >= 4 is 22.4 Å². The summed E-state index contributed by atoms with van der Waals surface area (Å²) in [5.74, 6) is 0.136. The molecule has 106 valence electrons. The Balaban J connectivity index is 2.01. The molecule has 0 fully saturated rings. The third-order valence-corrected chi connectivity index (χ3v) is 3.46. The first kappa shape index (κ1) is 14.5. The Bertz CT molecular complexity index is 569. The number of anilines is 1. The molecule has 2 heterocycles. The second-order valence-corrected chi connectivity index (χ2v) is 5.83. The summed E-state index contributed by atoms with van der Waals surface area (Å²) in [6, 6.07) is 5.02. The highest BCUT2D eigenvalue weighted by molar-refractivity contribution is 7.18. The topological polar surface area (TPSA) is 93.8 Å². The van der Waals surface area contributed by atoms with E-state index in [9.17, 15) is 4.79 Å². The molecule has 0 unspecified atom stereocenters. The first-order chi connectivity index (χ1) is 9.56. The number of nitrogens with one attached hydrogen (secondary N) is 1. The molecule has 3 N–H and O–H groups in total. The lowest BCUT2D eigenvalue weighted by atomic mass is 10.0. The Labute approximate surface area is 121 Å². The minimum Gasteiger partial charge on any atom is -0.320 e. The van der Waals surface area contributed by atoms with Crippen molar-refractivity contribution in [2.45, 2.75) is 26.3 Å². The van der Waals surface area contributed by atoms with Crippen LogP contribution in [-0.4, -0.2) is 27.1 Å². The van der Waals surface area contributed by atoms with Crippen LogP contribution in [0, 0.1) is 5.92 Å². The van der Waals surface area contributed by atoms with Crippen molar-refractivity contribution in [2.24, 2.45) is 11.7 Å². The predicted molar refractivity (Wildman–Crippen MR) is 79.2 cm³/mol. The molecule has 0 saturated carbocycles. The zero-order chi connectivity index (χ0) is 14.5. The highest BCUT2D eigenvalue weighted by Crippen LogP contribution is 2.24. The molecule has 0 spiro atoms. The van der Waals surface area contributed by atoms with Gasteiger partial charge in [-0.2, -0.15) is 0 Å². The smallest absolute Gasteiger partial charge is 0.243 e. The molecular weight excluding hydrogens is 274 g/mol. The SMILES string of the molecule is CC(C)C[C@H](N)C(=O)Nc1nnc(-c2ccccn2)s1. The zero-order valence-electron chi connectivity index (χ0n) is 11.4. The lowest BCUT2D eigenvalue weighted by molar-refractivity contribution is -0.117. The molecule has 1 atom stereocenters. The van der Waals surface area contributed by atoms with Gasteiger partial charge in [0.25, 0.3) is 0 Å². The van der Waals surface area contributed by atoms with Crippen LogP contribution in [0.2, 0.25) is 0 Å². The number of pyridine rings is 1. The van der Waals surface area contributed by atoms with Crippen LogP contribution in [0.4, 0.5) is 5.13 Å². The molecule has 6 nitrogen and oxygen atoms in total. The highest BCUT2D eigenvalue weighted by atomic mass is 32.1. The molecule has 0 aliphatic heterocycles. The van der Waals surface area contributed by atoms with Gasteiger partial charge in [0.05, 0.1) is 6.04 Å². The van der Waals surface area contributed by atoms with E-state index in [1.165, 1.54) is 11.3 Å². The van der Waals surface area contributed by atoms with E-state index in [0.29, 0.717) is 22.5 Å². The van der Waals surface area contributed by atoms with Crippen LogP contribution in [0.5, 0.6) is 0 Å². The summed E-state index contributed by atoms with van der Waals surface area (Å²) in [6.07, 6.45) is 2.32. The number of carbonyl (C=O) groups excluding carboxylic acids is 1. The van der Waals surface area contributed by atoms with Gasteiger partial charge >= 0.3 is 0 Å². The standard InChI is InChI=1S/C13H17N5OS/c1-8(2)7-9(14)11(19)16-13-18-17-12(20-13)10-5-3-4-6-15-10/h3-6,8-9H,7,14H2,1-2H3,(H,16,18,19)/t9-/m0/s1. The zero-order valence-corrected chi connectivity index (χ0v) is 12.2. The van der Waals surface area contributed by atoms with Gasteiger partial charge in [0.2, 0.25) is 11.0 Å². The first-order valence-electron chi connectivity index (χ1n) is 6.37. The quantitative estimate of drug-likeness (QED) is 0.877. The Morgan fingerprint density at radius 3 is 2.85 bits per heavy atom. The number of carbonyl (C=O) groups is 1. The van der Waals surface area contributed by atoms with Gasteiger partial charge in [0, 0.05) is 6.20 Å². The molecule has 7 heteroatoms. The van der Waals surface area contributed by atoms with E-state index in [4.69, 9.17) is 5.73 Å². The van der Waals surface area contributed by atoms with E-state index in [0.717, 1.165) is 5.69 Å². The monoisotopic (exact) mass is 291 g/mol. The summed E-state index contributed by atoms with van der Waals surface area (Å²) in [5.41, 5.74) is 6.55. The minimum absolute atomic E-state index is 0.234. The van der Waals surface area contributed by atoms with Crippen LogP contribution < -0.4 is 11.1 Å². The second kappa shape index (κ2) is 6.53. The summed E-state index contributed by atoms with van der Waals surface area (Å²) in [5, 5.41) is 11.7. The lowest BCUT2D eigenvalue weighted by Crippen LogP contribution is -2.36. The lowest BCUT2D eigenvalue weighted by Gasteiger charge is -2.12. The van der Waals surface area contributed by atoms with Crippen LogP contribution >= 0.6 is 11.3 Å². The number of amides is 1. The average Bonchev–Trinajstić information content (AvgIpc) is 2.87. The number of hydrogen-bond donors (Lipinski definition) is 2. The minimum atomic E-state index is -0.530. The molecule has 1 amide bonds. The fourth-order valence-electron chi connectivity index (χ4n) is 1.68. The Morgan fingerprint density at radius 1 is 1.40 bits per heavy atom. The van der Waals surface area contributed by atoms with E-state index in [-0.39, 0.29) is 5.91 Å². The fourth-order valence-corrected chi connectivity index (χ4v) is 2.40. The van der Waals surface area contributed by atoms with Crippen molar-refractivity contribution < 1.29 is 4.79 Å². The van der Waals surface area contributed by atoms with Crippen molar-refractivity contribution in [1.82, 2.24) is 15.2 Å². The summed E-state index contributed by atoms with van der Waals surface area (Å²) in [7, 11) is 0. The first-order valence-corrected chi connectivity index (χ1v) is 7.19. The Kier molecular flexibility index (Phi) is 4.75. The molecule has 2 aromatic heterocycles. The second-order valence-electron chi connectivity index (χ2n) is 4.85. The molecule has 0 aromatic carbocycles. The van der Waals surface area contributed by atoms with Gasteiger partial charge in [-0.05, 0) is 24.5 Å². The largest absolute Gasteiger partial charge is 0.320 e. The van der Waals surface area contributed by atoms with E-state index in [1.807, 2.05) is 32.0 Å². The molecule has 0 bridgehead atoms. The van der Waals surface area contributed by atoms with Gasteiger partial charge in [-0.15, -0.1) is 10.2 Å². The van der Waals surface area contributed by atoms with E-state index in [2.05, 4.69) is 20.5 Å². The summed E-state index contributed by atoms with van der Waals surface area (Å²) in [4.78, 5) is 16.1. The molecule has 2 aromatic rings. The third-order valence-electron chi connectivity index (χ3n) is 2.60. The van der Waals surface area contributed by atoms with Crippen molar-refractivity contribution in [3.8, 4) is 10.7 Å². The molecule has 0 saturated heterocycles. The van der Waals surface area contributed by atoms with Gasteiger partial charge in [0.15, 0.2) is 5.01 Å². The molecule has 0 aliphatic rings. The highest BCUT2D eigenvalue weighted by Gasteiger charge is 2.17. The van der Waals surface area contributed by atoms with Crippen LogP contribution in [0.1, 0.15) is 20.3 Å². The van der Waals surface area contributed by atoms with Crippen molar-refractivity contribution in [2.75, 3.05) is 5.32 Å². The number of nitrogens with zero attached hydrogens (tertiary/aromatic N) is 3. The predicted octanol–water partition coefficient (Wildman–Crippen LogP) is 1.91. The summed E-state index contributed by atoms with van der Waals surface area (Å²) < 4.78 is 0. The maximum Gasteiger partial charge on any atom is 0.243 e. The van der Waals surface area contributed by atoms with Gasteiger partial charge in [0.1, 0.15) is 5.69 Å². The molecule has 0 aliphatic carbocycles. The number of rotatable bonds is 5. The van der Waals surface area contributed by atoms with E-state index >= 15 is 0 Å². The van der Waals surface area contributed by atoms with Crippen LogP contribution in [0.25, 0.3) is 10.7 Å². The summed E-state index contributed by atoms with van der Waals surface area (Å²) in [6.45, 7) is 4.05. The molecular formula is C13H17N5OS. The van der Waals surface area contributed by atoms with E-state index < -0.39 is 6.04 Å². The van der Waals surface area contributed by atoms with Crippen LogP contribution in [0.3, 0.4) is 0 Å². The van der Waals surface area contributed by atoms with Crippen LogP contribution in [0.15, 0.2) is 24.4 Å². The third kappa shape index (κ3) is 3.82. The Hall–Kier alpha value is -1.86. The fraction of sp³-hybridized carbons (Fsp3) is 0.385. The number of hydrogen-bond acceptors (Lipinski definition) is 6. The maximum atomic E-state index is 11.9. The average molecular weight is 291 g/mol. The van der Waals surface area contributed by atoms with Crippen molar-refractivity contribution in [1.29, 1.82) is 0 Å². The van der Waals surface area contributed by atoms with Crippen LogP contribution in [-0.2, 0) is 4.79 Å². The van der Waals surface area contributed by atoms with Crippen molar-refractivity contribution in [3.05, 3.63) is 24.4 Å². The molecule has 2 rings (SSSR count). The molecule has 0 radical (unpaired) electrons. The van der Waals surface area contributed by atoms with E-state index in [1.54, 1.807) is 6.20 Å². The Morgan fingerprint density at radius 2 is 2.20 bits per heavy atom. The summed E-state index contributed by atoms with van der Waals surface area (Å²) >= 11 is 1.28. The van der Waals surface area contributed by atoms with Gasteiger partial charge < -0.3 is 5.73 Å². The number of aromatic nitrogens is 3. The number of nitrogens with two attached hydrogens (primary N) is 1. The van der Waals surface area contributed by atoms with Crippen molar-refractivity contribution in [3.63, 3.8) is 0 Å². The molecule has 20 heavy (non-hydrogen) atoms.